The summed E-state index contributed by atoms with van der Waals surface area (Å²) in [6.07, 6.45) is 1.61. The van der Waals surface area contributed by atoms with Gasteiger partial charge in [-0.25, -0.2) is 0 Å². The molecule has 0 saturated carbocycles. The number of nitroso groups, excluding NO2 is 1. The topological polar surface area (TPSA) is 67.0 Å². The molecule has 0 bridgehead atoms. The molecule has 1 N–H and O–H groups in total. The van der Waals surface area contributed by atoms with Crippen LogP contribution in [-0.4, -0.2) is 14.5 Å². The molecule has 0 aromatic carbocycles. The van der Waals surface area contributed by atoms with Crippen LogP contribution < -0.4 is 0 Å². The molecule has 0 fully saturated rings. The van der Waals surface area contributed by atoms with Crippen molar-refractivity contribution in [2.24, 2.45) is 5.18 Å². The van der Waals surface area contributed by atoms with Crippen molar-refractivity contribution in [3.05, 3.63) is 29.3 Å². The van der Waals surface area contributed by atoms with Crippen molar-refractivity contribution in [3.63, 3.8) is 0 Å². The summed E-state index contributed by atoms with van der Waals surface area (Å²) >= 11 is 0. The Kier molecular flexibility index (Phi) is 1.30. The quantitative estimate of drug-likeness (QED) is 0.646. The third-order valence-corrected chi connectivity index (χ3v) is 1.57. The van der Waals surface area contributed by atoms with E-state index in [2.05, 4.69) is 10.2 Å². The first-order chi connectivity index (χ1) is 5.83. The van der Waals surface area contributed by atoms with Crippen LogP contribution in [0.25, 0.3) is 5.65 Å². The number of rotatable bonds is 1. The van der Waals surface area contributed by atoms with Gasteiger partial charge in [0.15, 0.2) is 0 Å². The molecule has 0 radical (unpaired) electrons. The summed E-state index contributed by atoms with van der Waals surface area (Å²) in [6, 6.07) is 5.16. The molecule has 2 aromatic heterocycles. The SMILES string of the molecule is O=Nc1c(O)nc2ccccn12. The Hall–Kier alpha value is -1.91. The molecule has 12 heavy (non-hydrogen) atoms. The fraction of sp³-hybridized carbons (Fsp3) is 0. The van der Waals surface area contributed by atoms with E-state index in [1.54, 1.807) is 24.4 Å². The average molecular weight is 163 g/mol. The molecule has 0 spiro atoms. The largest absolute Gasteiger partial charge is 0.490 e. The van der Waals surface area contributed by atoms with Crippen molar-refractivity contribution in [3.8, 4) is 5.88 Å². The summed E-state index contributed by atoms with van der Waals surface area (Å²) in [6.45, 7) is 0. The number of nitrogens with zero attached hydrogens (tertiary/aromatic N) is 3. The fourth-order valence-electron chi connectivity index (χ4n) is 1.06. The minimum atomic E-state index is -0.337. The number of aromatic hydroxyl groups is 1. The highest BCUT2D eigenvalue weighted by molar-refractivity contribution is 5.54. The lowest BCUT2D eigenvalue weighted by Gasteiger charge is -1.89. The maximum Gasteiger partial charge on any atom is 0.261 e. The van der Waals surface area contributed by atoms with E-state index >= 15 is 0 Å². The maximum absolute atomic E-state index is 10.2. The lowest BCUT2D eigenvalue weighted by Crippen LogP contribution is -1.79. The Labute approximate surface area is 67.3 Å². The number of pyridine rings is 1. The van der Waals surface area contributed by atoms with Crippen LogP contribution in [0.3, 0.4) is 0 Å². The highest BCUT2D eigenvalue weighted by Crippen LogP contribution is 2.25. The lowest BCUT2D eigenvalue weighted by molar-refractivity contribution is 0.459. The molecule has 5 heteroatoms. The minimum absolute atomic E-state index is 0.0643. The van der Waals surface area contributed by atoms with Crippen molar-refractivity contribution < 1.29 is 5.11 Å². The summed E-state index contributed by atoms with van der Waals surface area (Å²) in [5, 5.41) is 11.8. The Morgan fingerprint density at radius 3 is 3.08 bits per heavy atom. The van der Waals surface area contributed by atoms with Gasteiger partial charge >= 0.3 is 0 Å². The van der Waals surface area contributed by atoms with Crippen LogP contribution in [0.4, 0.5) is 5.82 Å². The van der Waals surface area contributed by atoms with Gasteiger partial charge in [0.25, 0.3) is 5.88 Å². The fourth-order valence-corrected chi connectivity index (χ4v) is 1.06. The van der Waals surface area contributed by atoms with Crippen LogP contribution in [0.1, 0.15) is 0 Å². The van der Waals surface area contributed by atoms with Crippen LogP contribution in [0.5, 0.6) is 5.88 Å². The monoisotopic (exact) mass is 163 g/mol. The predicted molar refractivity (Wildman–Crippen MR) is 42.3 cm³/mol. The molecule has 2 rings (SSSR count). The molecule has 0 amide bonds. The number of imidazole rings is 1. The van der Waals surface area contributed by atoms with Gasteiger partial charge in [0, 0.05) is 6.20 Å². The normalized spacial score (nSPS) is 10.3. The Morgan fingerprint density at radius 1 is 1.50 bits per heavy atom. The first-order valence-corrected chi connectivity index (χ1v) is 3.32. The second-order valence-electron chi connectivity index (χ2n) is 2.28. The van der Waals surface area contributed by atoms with E-state index in [-0.39, 0.29) is 11.7 Å². The van der Waals surface area contributed by atoms with Crippen molar-refractivity contribution in [1.29, 1.82) is 0 Å². The molecule has 2 aromatic rings. The van der Waals surface area contributed by atoms with Crippen LogP contribution in [-0.2, 0) is 0 Å². The number of aromatic nitrogens is 2. The van der Waals surface area contributed by atoms with Gasteiger partial charge in [0.05, 0.1) is 0 Å². The molecular formula is C7H5N3O2. The summed E-state index contributed by atoms with van der Waals surface area (Å²) in [5.74, 6) is -0.401. The third kappa shape index (κ3) is 0.763. The van der Waals surface area contributed by atoms with Crippen LogP contribution in [0, 0.1) is 4.91 Å². The maximum atomic E-state index is 10.2. The minimum Gasteiger partial charge on any atom is -0.490 e. The summed E-state index contributed by atoms with van der Waals surface area (Å²) in [7, 11) is 0. The third-order valence-electron chi connectivity index (χ3n) is 1.57. The van der Waals surface area contributed by atoms with E-state index in [9.17, 15) is 4.91 Å². The van der Waals surface area contributed by atoms with Crippen LogP contribution in [0.15, 0.2) is 29.6 Å². The summed E-state index contributed by atoms with van der Waals surface area (Å²) < 4.78 is 1.42. The second kappa shape index (κ2) is 2.30. The Morgan fingerprint density at radius 2 is 2.33 bits per heavy atom. The van der Waals surface area contributed by atoms with Crippen LogP contribution >= 0.6 is 0 Å². The second-order valence-corrected chi connectivity index (χ2v) is 2.28. The zero-order valence-electron chi connectivity index (χ0n) is 6.01. The van der Waals surface area contributed by atoms with E-state index < -0.39 is 0 Å². The van der Waals surface area contributed by atoms with Gasteiger partial charge in [-0.05, 0) is 17.3 Å². The van der Waals surface area contributed by atoms with Gasteiger partial charge in [-0.3, -0.25) is 4.40 Å². The standard InChI is InChI=1S/C7H5N3O2/c11-7-6(9-12)10-4-2-1-3-5(10)8-7/h1-4,11H. The summed E-state index contributed by atoms with van der Waals surface area (Å²) in [4.78, 5) is 13.9. The molecule has 0 aliphatic carbocycles. The molecule has 2 heterocycles. The zero-order chi connectivity index (χ0) is 8.55. The predicted octanol–water partition coefficient (Wildman–Crippen LogP) is 1.44. The van der Waals surface area contributed by atoms with Crippen molar-refractivity contribution in [2.75, 3.05) is 0 Å². The van der Waals surface area contributed by atoms with Gasteiger partial charge in [0.2, 0.25) is 5.82 Å². The van der Waals surface area contributed by atoms with Gasteiger partial charge in [-0.1, -0.05) is 6.07 Å². The van der Waals surface area contributed by atoms with Gasteiger partial charge < -0.3 is 5.11 Å². The van der Waals surface area contributed by atoms with Crippen molar-refractivity contribution in [1.82, 2.24) is 9.38 Å². The van der Waals surface area contributed by atoms with Gasteiger partial charge in [-0.2, -0.15) is 4.98 Å². The van der Waals surface area contributed by atoms with Crippen LogP contribution in [0.2, 0.25) is 0 Å². The molecule has 0 aliphatic heterocycles. The highest BCUT2D eigenvalue weighted by Gasteiger charge is 2.09. The first kappa shape index (κ1) is 6.78. The lowest BCUT2D eigenvalue weighted by atomic mass is 10.5. The number of fused-ring (bicyclic) bond motifs is 1. The number of hydrogen-bond donors (Lipinski definition) is 1. The van der Waals surface area contributed by atoms with E-state index in [1.807, 2.05) is 0 Å². The van der Waals surface area contributed by atoms with E-state index in [4.69, 9.17) is 5.11 Å². The zero-order valence-corrected chi connectivity index (χ0v) is 6.01. The number of hydrogen-bond acceptors (Lipinski definition) is 4. The summed E-state index contributed by atoms with van der Waals surface area (Å²) in [5.41, 5.74) is 0.504. The van der Waals surface area contributed by atoms with E-state index in [0.29, 0.717) is 5.65 Å². The Balaban J connectivity index is 2.90. The van der Waals surface area contributed by atoms with Crippen molar-refractivity contribution >= 4 is 11.5 Å². The molecular weight excluding hydrogens is 158 g/mol. The van der Waals surface area contributed by atoms with Gasteiger partial charge in [0.1, 0.15) is 5.65 Å². The highest BCUT2D eigenvalue weighted by atomic mass is 16.3. The Bertz CT molecular complexity index is 435. The molecule has 5 nitrogen and oxygen atoms in total. The molecule has 0 unspecified atom stereocenters. The van der Waals surface area contributed by atoms with Gasteiger partial charge in [-0.15, -0.1) is 4.91 Å². The molecule has 0 aliphatic rings. The van der Waals surface area contributed by atoms with E-state index in [1.165, 1.54) is 4.40 Å². The smallest absolute Gasteiger partial charge is 0.261 e. The molecule has 60 valence electrons. The molecule has 0 atom stereocenters. The first-order valence-electron chi connectivity index (χ1n) is 3.32. The molecule has 0 saturated heterocycles. The average Bonchev–Trinajstić information content (AvgIpc) is 2.40. The van der Waals surface area contributed by atoms with E-state index in [0.717, 1.165) is 0 Å². The van der Waals surface area contributed by atoms with Crippen molar-refractivity contribution in [2.45, 2.75) is 0 Å².